The average molecular weight is 311 g/mol. The summed E-state index contributed by atoms with van der Waals surface area (Å²) in [4.78, 5) is 11.9. The van der Waals surface area contributed by atoms with Gasteiger partial charge >= 0.3 is 0 Å². The van der Waals surface area contributed by atoms with Gasteiger partial charge in [0.2, 0.25) is 5.91 Å². The molecule has 0 atom stereocenters. The maximum absolute atomic E-state index is 13.6. The second-order valence-electron chi connectivity index (χ2n) is 5.75. The van der Waals surface area contributed by atoms with Crippen molar-refractivity contribution in [3.8, 4) is 0 Å². The van der Waals surface area contributed by atoms with E-state index in [-0.39, 0.29) is 22.4 Å². The molecule has 0 aliphatic heterocycles. The number of aromatic nitrogens is 1. The van der Waals surface area contributed by atoms with E-state index in [9.17, 15) is 9.18 Å². The van der Waals surface area contributed by atoms with E-state index in [4.69, 9.17) is 16.1 Å². The van der Waals surface area contributed by atoms with E-state index in [2.05, 4.69) is 10.5 Å². The third-order valence-corrected chi connectivity index (χ3v) is 3.27. The van der Waals surface area contributed by atoms with Crippen molar-refractivity contribution in [1.29, 1.82) is 0 Å². The van der Waals surface area contributed by atoms with Crippen LogP contribution in [-0.2, 0) is 16.6 Å². The van der Waals surface area contributed by atoms with Crippen molar-refractivity contribution < 1.29 is 13.7 Å². The largest absolute Gasteiger partial charge is 0.359 e. The normalized spacial score (nSPS) is 11.5. The van der Waals surface area contributed by atoms with Crippen molar-refractivity contribution in [2.24, 2.45) is 0 Å². The molecule has 1 N–H and O–H groups in total. The van der Waals surface area contributed by atoms with Gasteiger partial charge in [-0.15, -0.1) is 0 Å². The molecule has 2 rings (SSSR count). The first-order chi connectivity index (χ1) is 9.77. The second kappa shape index (κ2) is 5.85. The SMILES string of the molecule is CC(C)(C)c1cc(NC(=O)Cc2c(F)cccc2Cl)no1. The lowest BCUT2D eigenvalue weighted by Gasteiger charge is -2.12. The van der Waals surface area contributed by atoms with Gasteiger partial charge in [0.1, 0.15) is 11.6 Å². The van der Waals surface area contributed by atoms with E-state index in [0.29, 0.717) is 11.6 Å². The lowest BCUT2D eigenvalue weighted by Crippen LogP contribution is -2.16. The summed E-state index contributed by atoms with van der Waals surface area (Å²) in [6.45, 7) is 5.91. The highest BCUT2D eigenvalue weighted by Gasteiger charge is 2.20. The van der Waals surface area contributed by atoms with Crippen molar-refractivity contribution in [3.63, 3.8) is 0 Å². The molecule has 0 saturated heterocycles. The third-order valence-electron chi connectivity index (χ3n) is 2.92. The second-order valence-corrected chi connectivity index (χ2v) is 6.16. The maximum Gasteiger partial charge on any atom is 0.230 e. The predicted molar refractivity (Wildman–Crippen MR) is 78.9 cm³/mol. The Balaban J connectivity index is 2.07. The van der Waals surface area contributed by atoms with E-state index in [0.717, 1.165) is 0 Å². The number of amides is 1. The van der Waals surface area contributed by atoms with Crippen LogP contribution in [0, 0.1) is 5.82 Å². The van der Waals surface area contributed by atoms with E-state index in [1.165, 1.54) is 12.1 Å². The van der Waals surface area contributed by atoms with Crippen LogP contribution >= 0.6 is 11.6 Å². The lowest BCUT2D eigenvalue weighted by molar-refractivity contribution is -0.115. The molecule has 1 aromatic carbocycles. The molecule has 112 valence electrons. The zero-order valence-electron chi connectivity index (χ0n) is 12.0. The molecule has 0 aliphatic rings. The van der Waals surface area contributed by atoms with Gasteiger partial charge in [-0.1, -0.05) is 43.6 Å². The molecular formula is C15H16ClFN2O2. The highest BCUT2D eigenvalue weighted by atomic mass is 35.5. The van der Waals surface area contributed by atoms with Crippen LogP contribution in [0.2, 0.25) is 5.02 Å². The molecule has 2 aromatic rings. The van der Waals surface area contributed by atoms with Gasteiger partial charge in [-0.05, 0) is 12.1 Å². The number of benzene rings is 1. The van der Waals surface area contributed by atoms with E-state index in [1.54, 1.807) is 12.1 Å². The van der Waals surface area contributed by atoms with Crippen LogP contribution in [0.15, 0.2) is 28.8 Å². The zero-order chi connectivity index (χ0) is 15.6. The van der Waals surface area contributed by atoms with Crippen LogP contribution in [0.25, 0.3) is 0 Å². The summed E-state index contributed by atoms with van der Waals surface area (Å²) in [5, 5.41) is 6.57. The molecule has 0 radical (unpaired) electrons. The number of carbonyl (C=O) groups is 1. The fourth-order valence-corrected chi connectivity index (χ4v) is 1.97. The zero-order valence-corrected chi connectivity index (χ0v) is 12.8. The monoisotopic (exact) mass is 310 g/mol. The Morgan fingerprint density at radius 2 is 2.14 bits per heavy atom. The first kappa shape index (κ1) is 15.5. The van der Waals surface area contributed by atoms with Crippen LogP contribution in [0.4, 0.5) is 10.2 Å². The summed E-state index contributed by atoms with van der Waals surface area (Å²) in [6.07, 6.45) is -0.163. The molecule has 1 amide bonds. The lowest BCUT2D eigenvalue weighted by atomic mass is 9.93. The number of anilines is 1. The number of hydrogen-bond donors (Lipinski definition) is 1. The molecular weight excluding hydrogens is 295 g/mol. The van der Waals surface area contributed by atoms with E-state index >= 15 is 0 Å². The Morgan fingerprint density at radius 3 is 2.71 bits per heavy atom. The van der Waals surface area contributed by atoms with Crippen molar-refractivity contribution >= 4 is 23.3 Å². The quantitative estimate of drug-likeness (QED) is 0.934. The van der Waals surface area contributed by atoms with Crippen LogP contribution in [0.1, 0.15) is 32.1 Å². The summed E-state index contributed by atoms with van der Waals surface area (Å²) >= 11 is 5.89. The fourth-order valence-electron chi connectivity index (χ4n) is 1.74. The number of nitrogens with zero attached hydrogens (tertiary/aromatic N) is 1. The summed E-state index contributed by atoms with van der Waals surface area (Å²) in [5.74, 6) is 0.0445. The molecule has 1 aromatic heterocycles. The van der Waals surface area contributed by atoms with E-state index < -0.39 is 11.7 Å². The van der Waals surface area contributed by atoms with Crippen molar-refractivity contribution in [2.75, 3.05) is 5.32 Å². The van der Waals surface area contributed by atoms with Crippen molar-refractivity contribution in [1.82, 2.24) is 5.16 Å². The molecule has 0 saturated carbocycles. The topological polar surface area (TPSA) is 55.1 Å². The molecule has 6 heteroatoms. The summed E-state index contributed by atoms with van der Waals surface area (Å²) in [6, 6.07) is 5.95. The van der Waals surface area contributed by atoms with Gasteiger partial charge in [0.05, 0.1) is 6.42 Å². The number of nitrogens with one attached hydrogen (secondary N) is 1. The minimum Gasteiger partial charge on any atom is -0.359 e. The van der Waals surface area contributed by atoms with Crippen LogP contribution < -0.4 is 5.32 Å². The Kier molecular flexibility index (Phi) is 4.32. The molecule has 0 bridgehead atoms. The molecule has 0 unspecified atom stereocenters. The summed E-state index contributed by atoms with van der Waals surface area (Å²) in [5.41, 5.74) is -0.0404. The van der Waals surface area contributed by atoms with Gasteiger partial charge in [0.15, 0.2) is 5.82 Å². The minimum absolute atomic E-state index is 0.163. The number of rotatable bonds is 3. The van der Waals surface area contributed by atoms with Gasteiger partial charge in [-0.3, -0.25) is 4.79 Å². The highest BCUT2D eigenvalue weighted by Crippen LogP contribution is 2.25. The molecule has 1 heterocycles. The molecule has 0 aliphatic carbocycles. The van der Waals surface area contributed by atoms with Gasteiger partial charge < -0.3 is 9.84 Å². The number of halogens is 2. The minimum atomic E-state index is -0.506. The number of carbonyl (C=O) groups excluding carboxylic acids is 1. The molecule has 4 nitrogen and oxygen atoms in total. The van der Waals surface area contributed by atoms with Crippen LogP contribution in [0.3, 0.4) is 0 Å². The Bertz CT molecular complexity index is 642. The smallest absolute Gasteiger partial charge is 0.230 e. The molecule has 0 fully saturated rings. The maximum atomic E-state index is 13.6. The Labute approximate surface area is 127 Å². The van der Waals surface area contributed by atoms with Crippen molar-refractivity contribution in [3.05, 3.63) is 46.4 Å². The predicted octanol–water partition coefficient (Wildman–Crippen LogP) is 3.95. The van der Waals surface area contributed by atoms with Gasteiger partial charge in [-0.25, -0.2) is 4.39 Å². The highest BCUT2D eigenvalue weighted by molar-refractivity contribution is 6.31. The standard InChI is InChI=1S/C15H16ClFN2O2/c1-15(2,3)12-8-13(19-21-12)18-14(20)7-9-10(16)5-4-6-11(9)17/h4-6,8H,7H2,1-3H3,(H,18,19,20). The van der Waals surface area contributed by atoms with Crippen LogP contribution in [-0.4, -0.2) is 11.1 Å². The summed E-state index contributed by atoms with van der Waals surface area (Å²) < 4.78 is 18.8. The van der Waals surface area contributed by atoms with Gasteiger partial charge in [0.25, 0.3) is 0 Å². The molecule has 21 heavy (non-hydrogen) atoms. The first-order valence-electron chi connectivity index (χ1n) is 6.47. The van der Waals surface area contributed by atoms with Crippen LogP contribution in [0.5, 0.6) is 0 Å². The number of hydrogen-bond acceptors (Lipinski definition) is 3. The summed E-state index contributed by atoms with van der Waals surface area (Å²) in [7, 11) is 0. The molecule has 0 spiro atoms. The van der Waals surface area contributed by atoms with Gasteiger partial charge in [-0.2, -0.15) is 0 Å². The first-order valence-corrected chi connectivity index (χ1v) is 6.85. The Hall–Kier alpha value is -1.88. The fraction of sp³-hybridized carbons (Fsp3) is 0.333. The van der Waals surface area contributed by atoms with Crippen molar-refractivity contribution in [2.45, 2.75) is 32.6 Å². The van der Waals surface area contributed by atoms with E-state index in [1.807, 2.05) is 20.8 Å². The van der Waals surface area contributed by atoms with Gasteiger partial charge in [0, 0.05) is 22.1 Å². The third kappa shape index (κ3) is 3.82. The Morgan fingerprint density at radius 1 is 1.43 bits per heavy atom. The average Bonchev–Trinajstić information content (AvgIpc) is 2.82.